The number of aromatic nitrogens is 2. The van der Waals surface area contributed by atoms with E-state index in [1.165, 1.54) is 42.6 Å². The molecule has 1 atom stereocenters. The van der Waals surface area contributed by atoms with Gasteiger partial charge in [0, 0.05) is 17.0 Å². The fraction of sp³-hybridized carbons (Fsp3) is 0.100. The van der Waals surface area contributed by atoms with Gasteiger partial charge in [-0.2, -0.15) is 13.2 Å². The molecule has 4 rings (SSSR count). The number of benzene rings is 2. The second-order valence-electron chi connectivity index (χ2n) is 6.25. The van der Waals surface area contributed by atoms with E-state index in [2.05, 4.69) is 15.3 Å². The molecular weight excluding hydrogens is 374 g/mol. The molecule has 0 amide bonds. The van der Waals surface area contributed by atoms with Crippen LogP contribution in [0.2, 0.25) is 0 Å². The van der Waals surface area contributed by atoms with E-state index in [1.54, 1.807) is 6.07 Å². The van der Waals surface area contributed by atoms with Crippen molar-refractivity contribution in [3.8, 4) is 0 Å². The quantitative estimate of drug-likeness (QED) is 0.387. The molecule has 28 heavy (non-hydrogen) atoms. The van der Waals surface area contributed by atoms with Gasteiger partial charge in [-0.3, -0.25) is 4.79 Å². The molecule has 0 unspecified atom stereocenters. The standard InChI is InChI=1S/C20H13F4N3O/c21-12-6-7-13-14(10-12)16-15(8-9-25-19(16)28)26-18(13)27-17(20(22,23)24)11-4-2-1-3-5-11/h1-10,17H,(H,25,28)(H,26,27)/t17-/m0/s1. The van der Waals surface area contributed by atoms with Crippen molar-refractivity contribution in [2.24, 2.45) is 0 Å². The molecule has 0 aliphatic heterocycles. The lowest BCUT2D eigenvalue weighted by atomic mass is 10.0. The highest BCUT2D eigenvalue weighted by Gasteiger charge is 2.41. The Kier molecular flexibility index (Phi) is 4.26. The summed E-state index contributed by atoms with van der Waals surface area (Å²) in [5, 5.41) is 2.96. The molecule has 4 aromatic rings. The molecule has 0 saturated heterocycles. The Morgan fingerprint density at radius 1 is 1.00 bits per heavy atom. The van der Waals surface area contributed by atoms with Crippen LogP contribution in [0.1, 0.15) is 11.6 Å². The Bertz CT molecular complexity index is 1220. The third-order valence-electron chi connectivity index (χ3n) is 4.42. The van der Waals surface area contributed by atoms with Crippen LogP contribution in [0.4, 0.5) is 23.4 Å². The molecule has 4 nitrogen and oxygen atoms in total. The Morgan fingerprint density at radius 2 is 1.75 bits per heavy atom. The number of halogens is 4. The zero-order valence-electron chi connectivity index (χ0n) is 14.2. The minimum absolute atomic E-state index is 0.0121. The molecule has 0 spiro atoms. The first-order valence-corrected chi connectivity index (χ1v) is 8.33. The van der Waals surface area contributed by atoms with Crippen LogP contribution < -0.4 is 10.9 Å². The van der Waals surface area contributed by atoms with Gasteiger partial charge in [0.1, 0.15) is 17.7 Å². The van der Waals surface area contributed by atoms with Crippen molar-refractivity contribution in [1.82, 2.24) is 9.97 Å². The van der Waals surface area contributed by atoms with Crippen LogP contribution in [0.15, 0.2) is 65.6 Å². The van der Waals surface area contributed by atoms with Crippen LogP contribution in [-0.2, 0) is 0 Å². The molecule has 2 N–H and O–H groups in total. The number of nitrogens with one attached hydrogen (secondary N) is 2. The van der Waals surface area contributed by atoms with Crippen LogP contribution in [0.3, 0.4) is 0 Å². The zero-order valence-corrected chi connectivity index (χ0v) is 14.2. The summed E-state index contributed by atoms with van der Waals surface area (Å²) in [6.45, 7) is 0. The third kappa shape index (κ3) is 3.17. The predicted molar refractivity (Wildman–Crippen MR) is 98.7 cm³/mol. The first-order valence-electron chi connectivity index (χ1n) is 8.33. The zero-order chi connectivity index (χ0) is 19.9. The summed E-state index contributed by atoms with van der Waals surface area (Å²) in [4.78, 5) is 18.9. The fourth-order valence-corrected chi connectivity index (χ4v) is 3.18. The molecule has 0 fully saturated rings. The van der Waals surface area contributed by atoms with E-state index in [4.69, 9.17) is 0 Å². The van der Waals surface area contributed by atoms with Gasteiger partial charge >= 0.3 is 6.18 Å². The Balaban J connectivity index is 1.96. The summed E-state index contributed by atoms with van der Waals surface area (Å²) in [5.74, 6) is -0.691. The van der Waals surface area contributed by atoms with Crippen LogP contribution in [0.5, 0.6) is 0 Å². The van der Waals surface area contributed by atoms with E-state index in [9.17, 15) is 22.4 Å². The Morgan fingerprint density at radius 3 is 2.46 bits per heavy atom. The number of rotatable bonds is 3. The molecule has 8 heteroatoms. The average molecular weight is 387 g/mol. The summed E-state index contributed by atoms with van der Waals surface area (Å²) in [6.07, 6.45) is -3.26. The van der Waals surface area contributed by atoms with Crippen molar-refractivity contribution in [3.63, 3.8) is 0 Å². The van der Waals surface area contributed by atoms with Crippen molar-refractivity contribution in [2.45, 2.75) is 12.2 Å². The highest BCUT2D eigenvalue weighted by molar-refractivity contribution is 6.09. The molecule has 0 aliphatic carbocycles. The molecule has 2 heterocycles. The number of fused-ring (bicyclic) bond motifs is 3. The lowest BCUT2D eigenvalue weighted by molar-refractivity contribution is -0.144. The topological polar surface area (TPSA) is 57.8 Å². The number of hydrogen-bond donors (Lipinski definition) is 2. The largest absolute Gasteiger partial charge is 0.412 e. The lowest BCUT2D eigenvalue weighted by Crippen LogP contribution is -2.28. The molecule has 0 aliphatic rings. The number of hydrogen-bond acceptors (Lipinski definition) is 3. The molecule has 142 valence electrons. The smallest absolute Gasteiger partial charge is 0.355 e. The van der Waals surface area contributed by atoms with E-state index in [-0.39, 0.29) is 33.1 Å². The predicted octanol–water partition coefficient (Wildman–Crippen LogP) is 4.93. The molecule has 0 radical (unpaired) electrons. The molecule has 0 saturated carbocycles. The maximum Gasteiger partial charge on any atom is 0.412 e. The molecule has 2 aromatic carbocycles. The molecule has 0 bridgehead atoms. The van der Waals surface area contributed by atoms with Gasteiger partial charge in [0.2, 0.25) is 0 Å². The second-order valence-corrected chi connectivity index (χ2v) is 6.25. The average Bonchev–Trinajstić information content (AvgIpc) is 2.65. The highest BCUT2D eigenvalue weighted by atomic mass is 19.4. The lowest BCUT2D eigenvalue weighted by Gasteiger charge is -2.23. The summed E-state index contributed by atoms with van der Waals surface area (Å²) in [6, 6.07) is 10.3. The van der Waals surface area contributed by atoms with Gasteiger partial charge in [-0.25, -0.2) is 9.37 Å². The number of alkyl halides is 3. The van der Waals surface area contributed by atoms with Gasteiger partial charge in [-0.15, -0.1) is 0 Å². The maximum absolute atomic E-state index is 13.8. The molecular formula is C20H13F4N3O. The first-order chi connectivity index (χ1) is 13.3. The molecule has 2 aromatic heterocycles. The third-order valence-corrected chi connectivity index (χ3v) is 4.42. The van der Waals surface area contributed by atoms with E-state index in [0.717, 1.165) is 12.1 Å². The van der Waals surface area contributed by atoms with Gasteiger partial charge in [-0.05, 0) is 29.8 Å². The van der Waals surface area contributed by atoms with E-state index in [0.29, 0.717) is 0 Å². The van der Waals surface area contributed by atoms with Crippen LogP contribution in [-0.4, -0.2) is 16.1 Å². The van der Waals surface area contributed by atoms with E-state index >= 15 is 0 Å². The highest BCUT2D eigenvalue weighted by Crippen LogP contribution is 2.37. The number of H-pyrrole nitrogens is 1. The first kappa shape index (κ1) is 18.0. The van der Waals surface area contributed by atoms with Gasteiger partial charge in [0.05, 0.1) is 10.9 Å². The van der Waals surface area contributed by atoms with E-state index < -0.39 is 23.6 Å². The number of pyridine rings is 2. The summed E-state index contributed by atoms with van der Waals surface area (Å²) in [7, 11) is 0. The normalized spacial score (nSPS) is 13.0. The Labute approximate surface area is 155 Å². The van der Waals surface area contributed by atoms with Gasteiger partial charge in [0.25, 0.3) is 5.56 Å². The van der Waals surface area contributed by atoms with Crippen LogP contribution >= 0.6 is 0 Å². The summed E-state index contributed by atoms with van der Waals surface area (Å²) in [5.41, 5.74) is -0.320. The van der Waals surface area contributed by atoms with Crippen molar-refractivity contribution in [3.05, 3.63) is 82.5 Å². The van der Waals surface area contributed by atoms with Gasteiger partial charge in [0.15, 0.2) is 0 Å². The minimum Gasteiger partial charge on any atom is -0.355 e. The minimum atomic E-state index is -4.60. The van der Waals surface area contributed by atoms with E-state index in [1.807, 2.05) is 0 Å². The number of aromatic amines is 1. The second kappa shape index (κ2) is 6.63. The van der Waals surface area contributed by atoms with Gasteiger partial charge < -0.3 is 10.3 Å². The van der Waals surface area contributed by atoms with Crippen LogP contribution in [0.25, 0.3) is 21.7 Å². The number of nitrogens with zero attached hydrogens (tertiary/aromatic N) is 1. The van der Waals surface area contributed by atoms with Crippen LogP contribution in [0, 0.1) is 5.82 Å². The SMILES string of the molecule is O=c1[nH]ccc2nc(N[C@@H](c3ccccc3)C(F)(F)F)c3ccc(F)cc3c12. The summed E-state index contributed by atoms with van der Waals surface area (Å²) < 4.78 is 55.0. The Hall–Kier alpha value is -3.42. The van der Waals surface area contributed by atoms with Crippen molar-refractivity contribution in [1.29, 1.82) is 0 Å². The monoisotopic (exact) mass is 387 g/mol. The fourth-order valence-electron chi connectivity index (χ4n) is 3.18. The van der Waals surface area contributed by atoms with Crippen molar-refractivity contribution in [2.75, 3.05) is 5.32 Å². The van der Waals surface area contributed by atoms with Crippen molar-refractivity contribution < 1.29 is 17.6 Å². The van der Waals surface area contributed by atoms with Gasteiger partial charge in [-0.1, -0.05) is 30.3 Å². The number of anilines is 1. The maximum atomic E-state index is 13.8. The summed E-state index contributed by atoms with van der Waals surface area (Å²) >= 11 is 0. The van der Waals surface area contributed by atoms with Crippen molar-refractivity contribution >= 4 is 27.5 Å².